The number of nitrogens with one attached hydrogen (secondary N) is 1. The largest absolute Gasteiger partial charge is 0.483 e. The molecule has 1 amide bonds. The van der Waals surface area contributed by atoms with Gasteiger partial charge in [0.2, 0.25) is 4.96 Å². The first kappa shape index (κ1) is 21.0. The van der Waals surface area contributed by atoms with Crippen molar-refractivity contribution < 1.29 is 9.53 Å². The molecule has 0 saturated carbocycles. The molecular weight excluding hydrogens is 436 g/mol. The molecule has 0 atom stereocenters. The third kappa shape index (κ3) is 4.76. The van der Waals surface area contributed by atoms with Crippen molar-refractivity contribution >= 4 is 33.8 Å². The first-order chi connectivity index (χ1) is 15.0. The number of para-hydroxylation sites is 1. The zero-order valence-corrected chi connectivity index (χ0v) is 18.2. The summed E-state index contributed by atoms with van der Waals surface area (Å²) in [7, 11) is 0. The molecule has 0 radical (unpaired) electrons. The van der Waals surface area contributed by atoms with Gasteiger partial charge in [-0.2, -0.15) is 9.61 Å². The summed E-state index contributed by atoms with van der Waals surface area (Å²) in [4.78, 5) is 29.5. The van der Waals surface area contributed by atoms with Gasteiger partial charge in [-0.25, -0.2) is 4.98 Å². The summed E-state index contributed by atoms with van der Waals surface area (Å²) in [6, 6.07) is 16.2. The fraction of sp³-hybridized carbons (Fsp3) is 0.182. The fourth-order valence-electron chi connectivity index (χ4n) is 3.01. The van der Waals surface area contributed by atoms with E-state index in [1.807, 2.05) is 49.4 Å². The molecule has 0 aliphatic carbocycles. The number of aromatic nitrogens is 3. The van der Waals surface area contributed by atoms with E-state index in [9.17, 15) is 9.59 Å². The van der Waals surface area contributed by atoms with Crippen LogP contribution in [0, 0.1) is 0 Å². The summed E-state index contributed by atoms with van der Waals surface area (Å²) in [6.07, 6.45) is 0.816. The molecule has 2 aromatic carbocycles. The van der Waals surface area contributed by atoms with E-state index in [4.69, 9.17) is 16.3 Å². The normalized spacial score (nSPS) is 10.9. The maximum atomic E-state index is 12.5. The Morgan fingerprint density at radius 3 is 2.77 bits per heavy atom. The minimum Gasteiger partial charge on any atom is -0.483 e. The van der Waals surface area contributed by atoms with E-state index in [-0.39, 0.29) is 24.6 Å². The highest BCUT2D eigenvalue weighted by atomic mass is 35.5. The Morgan fingerprint density at radius 1 is 1.19 bits per heavy atom. The topological polar surface area (TPSA) is 85.6 Å². The molecular formula is C22H19ClN4O3S. The quantitative estimate of drug-likeness (QED) is 0.460. The zero-order chi connectivity index (χ0) is 21.8. The van der Waals surface area contributed by atoms with Crippen molar-refractivity contribution in [2.45, 2.75) is 19.9 Å². The maximum Gasteiger partial charge on any atom is 0.275 e. The summed E-state index contributed by atoms with van der Waals surface area (Å²) in [6.45, 7) is 2.03. The summed E-state index contributed by atoms with van der Waals surface area (Å²) < 4.78 is 6.85. The van der Waals surface area contributed by atoms with Crippen LogP contribution in [0.2, 0.25) is 5.02 Å². The third-order valence-electron chi connectivity index (χ3n) is 4.58. The van der Waals surface area contributed by atoms with Crippen molar-refractivity contribution in [2.24, 2.45) is 0 Å². The Morgan fingerprint density at radius 2 is 1.97 bits per heavy atom. The molecule has 7 nitrogen and oxygen atoms in total. The first-order valence-corrected chi connectivity index (χ1v) is 10.9. The molecule has 158 valence electrons. The van der Waals surface area contributed by atoms with Gasteiger partial charge in [0.25, 0.3) is 11.5 Å². The van der Waals surface area contributed by atoms with Gasteiger partial charge in [0.15, 0.2) is 6.61 Å². The Hall–Kier alpha value is -3.23. The van der Waals surface area contributed by atoms with Gasteiger partial charge in [-0.1, -0.05) is 66.3 Å². The lowest BCUT2D eigenvalue weighted by atomic mass is 10.1. The number of aryl methyl sites for hydroxylation is 1. The van der Waals surface area contributed by atoms with Crippen LogP contribution in [0.3, 0.4) is 0 Å². The van der Waals surface area contributed by atoms with Crippen LogP contribution in [-0.4, -0.2) is 27.1 Å². The highest BCUT2D eigenvalue weighted by Crippen LogP contribution is 2.30. The second kappa shape index (κ2) is 9.28. The molecule has 4 rings (SSSR count). The second-order valence-corrected chi connectivity index (χ2v) is 8.06. The predicted octanol–water partition coefficient (Wildman–Crippen LogP) is 3.73. The number of amides is 1. The number of carbonyl (C=O) groups is 1. The summed E-state index contributed by atoms with van der Waals surface area (Å²) >= 11 is 7.49. The highest BCUT2D eigenvalue weighted by Gasteiger charge is 2.13. The summed E-state index contributed by atoms with van der Waals surface area (Å²) in [5.41, 5.74) is 1.90. The van der Waals surface area contributed by atoms with Crippen LogP contribution in [0.15, 0.2) is 59.4 Å². The second-order valence-electron chi connectivity index (χ2n) is 6.69. The smallest absolute Gasteiger partial charge is 0.275 e. The van der Waals surface area contributed by atoms with Gasteiger partial charge in [-0.05, 0) is 24.1 Å². The maximum absolute atomic E-state index is 12.5. The predicted molar refractivity (Wildman–Crippen MR) is 121 cm³/mol. The highest BCUT2D eigenvalue weighted by molar-refractivity contribution is 7.19. The molecule has 0 aliphatic heterocycles. The molecule has 31 heavy (non-hydrogen) atoms. The number of nitrogens with zero attached hydrogens (tertiary/aromatic N) is 3. The van der Waals surface area contributed by atoms with Gasteiger partial charge >= 0.3 is 0 Å². The third-order valence-corrected chi connectivity index (χ3v) is 5.85. The molecule has 2 heterocycles. The van der Waals surface area contributed by atoms with Crippen molar-refractivity contribution in [2.75, 3.05) is 6.61 Å². The number of ether oxygens (including phenoxy) is 1. The van der Waals surface area contributed by atoms with Gasteiger partial charge < -0.3 is 10.1 Å². The van der Waals surface area contributed by atoms with Crippen molar-refractivity contribution in [1.29, 1.82) is 0 Å². The molecule has 9 heteroatoms. The molecule has 4 aromatic rings. The molecule has 0 aliphatic rings. The Bertz CT molecular complexity index is 1300. The number of benzene rings is 2. The lowest BCUT2D eigenvalue weighted by Gasteiger charge is -2.10. The molecule has 0 unspecified atom stereocenters. The van der Waals surface area contributed by atoms with Crippen LogP contribution in [0.5, 0.6) is 5.75 Å². The number of hydrogen-bond acceptors (Lipinski definition) is 6. The van der Waals surface area contributed by atoms with Crippen LogP contribution in [0.1, 0.15) is 18.2 Å². The standard InChI is InChI=1S/C22H19ClN4O3S/c1-2-14-7-3-6-10-18(14)30-13-19(28)24-12-15-11-20(29)27-22(25-15)31-21(26-27)16-8-4-5-9-17(16)23/h3-11H,2,12-13H2,1H3,(H,24,28). The molecule has 0 saturated heterocycles. The van der Waals surface area contributed by atoms with Crippen molar-refractivity contribution in [3.63, 3.8) is 0 Å². The lowest BCUT2D eigenvalue weighted by Crippen LogP contribution is -2.29. The van der Waals surface area contributed by atoms with E-state index in [0.29, 0.717) is 26.4 Å². The Kier molecular flexibility index (Phi) is 6.29. The van der Waals surface area contributed by atoms with Crippen LogP contribution in [0.25, 0.3) is 15.5 Å². The zero-order valence-electron chi connectivity index (χ0n) is 16.7. The van der Waals surface area contributed by atoms with Crippen molar-refractivity contribution in [1.82, 2.24) is 19.9 Å². The minimum atomic E-state index is -0.322. The number of rotatable bonds is 7. The molecule has 0 fully saturated rings. The van der Waals surface area contributed by atoms with E-state index < -0.39 is 0 Å². The van der Waals surface area contributed by atoms with Gasteiger partial charge in [0, 0.05) is 11.6 Å². The molecule has 1 N–H and O–H groups in total. The summed E-state index contributed by atoms with van der Waals surface area (Å²) in [5, 5.41) is 8.21. The minimum absolute atomic E-state index is 0.114. The first-order valence-electron chi connectivity index (χ1n) is 9.67. The lowest BCUT2D eigenvalue weighted by molar-refractivity contribution is -0.123. The van der Waals surface area contributed by atoms with Gasteiger partial charge in [0.05, 0.1) is 17.3 Å². The number of fused-ring (bicyclic) bond motifs is 1. The van der Waals surface area contributed by atoms with E-state index in [2.05, 4.69) is 15.4 Å². The monoisotopic (exact) mass is 454 g/mol. The number of carbonyl (C=O) groups excluding carboxylic acids is 1. The number of halogens is 1. The van der Waals surface area contributed by atoms with E-state index in [1.165, 1.54) is 21.9 Å². The Balaban J connectivity index is 1.44. The van der Waals surface area contributed by atoms with Gasteiger partial charge in [-0.3, -0.25) is 9.59 Å². The van der Waals surface area contributed by atoms with E-state index in [1.54, 1.807) is 6.07 Å². The van der Waals surface area contributed by atoms with E-state index in [0.717, 1.165) is 17.5 Å². The van der Waals surface area contributed by atoms with Crippen LogP contribution in [-0.2, 0) is 17.8 Å². The Labute approximate surface area is 187 Å². The van der Waals surface area contributed by atoms with Gasteiger partial charge in [0.1, 0.15) is 10.8 Å². The SMILES string of the molecule is CCc1ccccc1OCC(=O)NCc1cc(=O)n2nc(-c3ccccc3Cl)sc2n1. The molecule has 0 spiro atoms. The van der Waals surface area contributed by atoms with Crippen LogP contribution < -0.4 is 15.6 Å². The van der Waals surface area contributed by atoms with Crippen molar-refractivity contribution in [3.8, 4) is 16.3 Å². The fourth-order valence-corrected chi connectivity index (χ4v) is 4.26. The van der Waals surface area contributed by atoms with Crippen molar-refractivity contribution in [3.05, 3.63) is 81.2 Å². The summed E-state index contributed by atoms with van der Waals surface area (Å²) in [5.74, 6) is 0.392. The van der Waals surface area contributed by atoms with E-state index >= 15 is 0 Å². The van der Waals surface area contributed by atoms with Crippen LogP contribution in [0.4, 0.5) is 0 Å². The number of hydrogen-bond donors (Lipinski definition) is 1. The molecule has 2 aromatic heterocycles. The average molecular weight is 455 g/mol. The van der Waals surface area contributed by atoms with Crippen LogP contribution >= 0.6 is 22.9 Å². The average Bonchev–Trinajstić information content (AvgIpc) is 3.21. The molecule has 0 bridgehead atoms. The van der Waals surface area contributed by atoms with Gasteiger partial charge in [-0.15, -0.1) is 0 Å².